The first kappa shape index (κ1) is 15.3. The molecule has 5 heteroatoms. The van der Waals surface area contributed by atoms with Crippen LogP contribution in [0.5, 0.6) is 0 Å². The van der Waals surface area contributed by atoms with Crippen molar-refractivity contribution >= 4 is 11.8 Å². The van der Waals surface area contributed by atoms with E-state index in [4.69, 9.17) is 4.74 Å². The fourth-order valence-electron chi connectivity index (χ4n) is 3.09. The molecule has 0 spiro atoms. The first-order valence-electron chi connectivity index (χ1n) is 7.89. The van der Waals surface area contributed by atoms with Crippen molar-refractivity contribution < 1.29 is 14.3 Å². The fraction of sp³-hybridized carbons (Fsp3) is 0.867. The summed E-state index contributed by atoms with van der Waals surface area (Å²) in [5.41, 5.74) is 0. The van der Waals surface area contributed by atoms with Gasteiger partial charge in [0, 0.05) is 13.2 Å². The van der Waals surface area contributed by atoms with Crippen LogP contribution in [0.4, 0.5) is 0 Å². The Balaban J connectivity index is 1.96. The minimum atomic E-state index is -0.349. The summed E-state index contributed by atoms with van der Waals surface area (Å²) in [6, 6.07) is -0.661. The topological polar surface area (TPSA) is 58.6 Å². The molecule has 2 heterocycles. The number of ether oxygens (including phenoxy) is 1. The average molecular weight is 282 g/mol. The molecule has 2 saturated heterocycles. The Morgan fingerprint density at radius 2 is 2.05 bits per heavy atom. The molecule has 0 aliphatic carbocycles. The number of nitrogens with zero attached hydrogens (tertiary/aromatic N) is 1. The molecular weight excluding hydrogens is 256 g/mol. The molecule has 2 aliphatic rings. The van der Waals surface area contributed by atoms with Crippen LogP contribution >= 0.6 is 0 Å². The van der Waals surface area contributed by atoms with Crippen LogP contribution in [0.3, 0.4) is 0 Å². The molecule has 114 valence electrons. The molecule has 0 aromatic carbocycles. The van der Waals surface area contributed by atoms with E-state index in [1.807, 2.05) is 13.8 Å². The maximum atomic E-state index is 12.4. The van der Waals surface area contributed by atoms with Crippen LogP contribution in [-0.4, -0.2) is 48.1 Å². The van der Waals surface area contributed by atoms with Gasteiger partial charge in [0.15, 0.2) is 0 Å². The maximum absolute atomic E-state index is 12.4. The lowest BCUT2D eigenvalue weighted by atomic mass is 10.0. The van der Waals surface area contributed by atoms with Crippen molar-refractivity contribution in [1.82, 2.24) is 10.2 Å². The summed E-state index contributed by atoms with van der Waals surface area (Å²) in [4.78, 5) is 26.2. The van der Waals surface area contributed by atoms with Crippen LogP contribution in [-0.2, 0) is 14.3 Å². The van der Waals surface area contributed by atoms with Crippen molar-refractivity contribution in [3.63, 3.8) is 0 Å². The molecule has 5 nitrogen and oxygen atoms in total. The van der Waals surface area contributed by atoms with Crippen LogP contribution in [0.15, 0.2) is 0 Å². The van der Waals surface area contributed by atoms with Gasteiger partial charge < -0.3 is 15.0 Å². The Labute approximate surface area is 121 Å². The molecule has 0 radical (unpaired) electrons. The van der Waals surface area contributed by atoms with Crippen molar-refractivity contribution in [3.8, 4) is 0 Å². The maximum Gasteiger partial charge on any atom is 0.245 e. The van der Waals surface area contributed by atoms with Gasteiger partial charge in [-0.05, 0) is 38.5 Å². The summed E-state index contributed by atoms with van der Waals surface area (Å²) < 4.78 is 5.71. The van der Waals surface area contributed by atoms with Crippen LogP contribution in [0.25, 0.3) is 0 Å². The lowest BCUT2D eigenvalue weighted by Crippen LogP contribution is -2.63. The highest BCUT2D eigenvalue weighted by Gasteiger charge is 2.38. The second-order valence-corrected chi connectivity index (χ2v) is 5.70. The highest BCUT2D eigenvalue weighted by molar-refractivity contribution is 5.96. The minimum absolute atomic E-state index is 0.0106. The van der Waals surface area contributed by atoms with Crippen LogP contribution in [0, 0.1) is 0 Å². The van der Waals surface area contributed by atoms with Crippen molar-refractivity contribution in [1.29, 1.82) is 0 Å². The molecule has 2 fully saturated rings. The molecular formula is C15H26N2O3. The lowest BCUT2D eigenvalue weighted by molar-refractivity contribution is -0.150. The van der Waals surface area contributed by atoms with E-state index in [-0.39, 0.29) is 30.0 Å². The van der Waals surface area contributed by atoms with E-state index in [0.717, 1.165) is 25.9 Å². The van der Waals surface area contributed by atoms with Gasteiger partial charge in [-0.2, -0.15) is 0 Å². The largest absolute Gasteiger partial charge is 0.378 e. The summed E-state index contributed by atoms with van der Waals surface area (Å²) >= 11 is 0. The van der Waals surface area contributed by atoms with Crippen LogP contribution < -0.4 is 5.32 Å². The smallest absolute Gasteiger partial charge is 0.245 e. The number of carbonyl (C=O) groups excluding carboxylic acids is 2. The predicted octanol–water partition coefficient (Wildman–Crippen LogP) is 1.46. The van der Waals surface area contributed by atoms with Gasteiger partial charge in [-0.25, -0.2) is 0 Å². The van der Waals surface area contributed by atoms with Crippen molar-refractivity contribution in [2.45, 2.75) is 70.6 Å². The zero-order chi connectivity index (χ0) is 14.5. The molecule has 0 saturated carbocycles. The molecule has 2 amide bonds. The van der Waals surface area contributed by atoms with E-state index in [0.29, 0.717) is 19.4 Å². The molecule has 2 rings (SSSR count). The molecule has 0 bridgehead atoms. The summed E-state index contributed by atoms with van der Waals surface area (Å²) in [7, 11) is 0. The molecule has 2 aliphatic heterocycles. The summed E-state index contributed by atoms with van der Waals surface area (Å²) in [6.45, 7) is 5.34. The van der Waals surface area contributed by atoms with Crippen molar-refractivity contribution in [2.24, 2.45) is 0 Å². The van der Waals surface area contributed by atoms with E-state index in [1.165, 1.54) is 6.42 Å². The fourth-order valence-corrected chi connectivity index (χ4v) is 3.09. The SMILES string of the molecule is CCC1NC(=O)C(CC)N(CCC2CCCCO2)C1=O. The normalized spacial score (nSPS) is 31.3. The molecule has 0 aromatic rings. The zero-order valence-electron chi connectivity index (χ0n) is 12.6. The minimum Gasteiger partial charge on any atom is -0.378 e. The Morgan fingerprint density at radius 3 is 2.65 bits per heavy atom. The standard InChI is InChI=1S/C15H26N2O3/c1-3-12-15(19)17(13(4-2)14(18)16-12)9-8-11-7-5-6-10-20-11/h11-13H,3-10H2,1-2H3,(H,16,18). The Bertz CT molecular complexity index is 353. The van der Waals surface area contributed by atoms with Crippen LogP contribution in [0.2, 0.25) is 0 Å². The Morgan fingerprint density at radius 1 is 1.25 bits per heavy atom. The summed E-state index contributed by atoms with van der Waals surface area (Å²) in [5, 5.41) is 2.82. The van der Waals surface area contributed by atoms with Crippen molar-refractivity contribution in [2.75, 3.05) is 13.2 Å². The van der Waals surface area contributed by atoms with Gasteiger partial charge in [-0.1, -0.05) is 13.8 Å². The molecule has 0 aromatic heterocycles. The highest BCUT2D eigenvalue weighted by Crippen LogP contribution is 2.19. The van der Waals surface area contributed by atoms with Gasteiger partial charge in [0.05, 0.1) is 6.10 Å². The molecule has 3 unspecified atom stereocenters. The van der Waals surface area contributed by atoms with E-state index in [1.54, 1.807) is 4.90 Å². The monoisotopic (exact) mass is 282 g/mol. The average Bonchev–Trinajstić information content (AvgIpc) is 2.48. The number of nitrogens with one attached hydrogen (secondary N) is 1. The Hall–Kier alpha value is -1.10. The Kier molecular flexibility index (Phi) is 5.40. The number of carbonyl (C=O) groups is 2. The first-order chi connectivity index (χ1) is 9.67. The third-order valence-corrected chi connectivity index (χ3v) is 4.34. The lowest BCUT2D eigenvalue weighted by Gasteiger charge is -2.39. The summed E-state index contributed by atoms with van der Waals surface area (Å²) in [6.07, 6.45) is 5.81. The number of amides is 2. The quantitative estimate of drug-likeness (QED) is 0.830. The highest BCUT2D eigenvalue weighted by atomic mass is 16.5. The second kappa shape index (κ2) is 7.07. The van der Waals surface area contributed by atoms with E-state index >= 15 is 0 Å². The second-order valence-electron chi connectivity index (χ2n) is 5.70. The van der Waals surface area contributed by atoms with Gasteiger partial charge in [0.2, 0.25) is 11.8 Å². The molecule has 3 atom stereocenters. The van der Waals surface area contributed by atoms with Gasteiger partial charge in [0.1, 0.15) is 12.1 Å². The number of piperazine rings is 1. The zero-order valence-corrected chi connectivity index (χ0v) is 12.6. The molecule has 20 heavy (non-hydrogen) atoms. The number of hydrogen-bond donors (Lipinski definition) is 1. The van der Waals surface area contributed by atoms with Gasteiger partial charge in [0.25, 0.3) is 0 Å². The third-order valence-electron chi connectivity index (χ3n) is 4.34. The first-order valence-corrected chi connectivity index (χ1v) is 7.89. The van der Waals surface area contributed by atoms with Crippen LogP contribution in [0.1, 0.15) is 52.4 Å². The van der Waals surface area contributed by atoms with Crippen molar-refractivity contribution in [3.05, 3.63) is 0 Å². The number of rotatable bonds is 5. The summed E-state index contributed by atoms with van der Waals surface area (Å²) in [5.74, 6) is 0.0540. The van der Waals surface area contributed by atoms with E-state index in [2.05, 4.69) is 5.32 Å². The number of hydrogen-bond acceptors (Lipinski definition) is 3. The molecule has 1 N–H and O–H groups in total. The van der Waals surface area contributed by atoms with E-state index < -0.39 is 0 Å². The van der Waals surface area contributed by atoms with Gasteiger partial charge in [-0.15, -0.1) is 0 Å². The van der Waals surface area contributed by atoms with E-state index in [9.17, 15) is 9.59 Å². The van der Waals surface area contributed by atoms with Gasteiger partial charge >= 0.3 is 0 Å². The predicted molar refractivity (Wildman–Crippen MR) is 76.2 cm³/mol. The van der Waals surface area contributed by atoms with Gasteiger partial charge in [-0.3, -0.25) is 9.59 Å². The third kappa shape index (κ3) is 3.32.